The summed E-state index contributed by atoms with van der Waals surface area (Å²) in [6.45, 7) is 4.86. The molecule has 0 aliphatic heterocycles. The van der Waals surface area contributed by atoms with Gasteiger partial charge in [-0.25, -0.2) is 18.1 Å². The fraction of sp³-hybridized carbons (Fsp3) is 0.316. The van der Waals surface area contributed by atoms with E-state index in [4.69, 9.17) is 4.74 Å². The van der Waals surface area contributed by atoms with Crippen molar-refractivity contribution in [2.24, 2.45) is 0 Å². The first kappa shape index (κ1) is 20.0. The highest BCUT2D eigenvalue weighted by atomic mass is 32.2. The number of rotatable bonds is 9. The van der Waals surface area contributed by atoms with Gasteiger partial charge in [0, 0.05) is 11.4 Å². The molecule has 0 bridgehead atoms. The lowest BCUT2D eigenvalue weighted by Crippen LogP contribution is -2.23. The van der Waals surface area contributed by atoms with Gasteiger partial charge in [0.05, 0.1) is 22.1 Å². The van der Waals surface area contributed by atoms with Crippen LogP contribution < -0.4 is 9.46 Å². The Bertz CT molecular complexity index is 962. The maximum atomic E-state index is 12.6. The maximum absolute atomic E-state index is 12.6. The first-order valence-corrected chi connectivity index (χ1v) is 11.9. The molecule has 27 heavy (non-hydrogen) atoms. The first-order valence-electron chi connectivity index (χ1n) is 8.72. The van der Waals surface area contributed by atoms with Gasteiger partial charge in [-0.15, -0.1) is 22.7 Å². The van der Waals surface area contributed by atoms with E-state index in [0.717, 1.165) is 33.3 Å². The number of aryl methyl sites for hydroxylation is 1. The van der Waals surface area contributed by atoms with Crippen molar-refractivity contribution in [1.82, 2.24) is 9.71 Å². The molecule has 0 saturated heterocycles. The Morgan fingerprint density at radius 3 is 2.63 bits per heavy atom. The summed E-state index contributed by atoms with van der Waals surface area (Å²) in [6, 6.07) is 10.5. The molecule has 0 aliphatic rings. The SMILES string of the molecule is CCCCOc1ccc(S(=O)(=O)NCc2sc(-c3cccs3)nc2C)cc1. The highest BCUT2D eigenvalue weighted by Gasteiger charge is 2.16. The standard InChI is InChI=1S/C19H22N2O3S3/c1-3-4-11-24-15-7-9-16(10-8-15)27(22,23)20-13-18-14(2)21-19(26-18)17-6-5-12-25-17/h5-10,12,20H,3-4,11,13H2,1-2H3. The second-order valence-corrected chi connectivity index (χ2v) is 9.80. The third kappa shape index (κ3) is 5.16. The summed E-state index contributed by atoms with van der Waals surface area (Å²) in [5.74, 6) is 0.682. The maximum Gasteiger partial charge on any atom is 0.240 e. The van der Waals surface area contributed by atoms with E-state index < -0.39 is 10.0 Å². The Morgan fingerprint density at radius 1 is 1.19 bits per heavy atom. The molecule has 2 aromatic heterocycles. The minimum absolute atomic E-state index is 0.228. The van der Waals surface area contributed by atoms with Crippen LogP contribution in [0.5, 0.6) is 5.75 Å². The lowest BCUT2D eigenvalue weighted by atomic mass is 10.3. The smallest absolute Gasteiger partial charge is 0.240 e. The molecule has 0 spiro atoms. The van der Waals surface area contributed by atoms with Crippen molar-refractivity contribution in [3.63, 3.8) is 0 Å². The molecule has 3 aromatic rings. The topological polar surface area (TPSA) is 68.3 Å². The number of unbranched alkanes of at least 4 members (excludes halogenated alkanes) is 1. The number of nitrogens with zero attached hydrogens (tertiary/aromatic N) is 1. The summed E-state index contributed by atoms with van der Waals surface area (Å²) in [4.78, 5) is 6.79. The Kier molecular flexibility index (Phi) is 6.64. The van der Waals surface area contributed by atoms with Gasteiger partial charge in [0.25, 0.3) is 0 Å². The summed E-state index contributed by atoms with van der Waals surface area (Å²) < 4.78 is 33.4. The predicted octanol–water partition coefficient (Wildman–Crippen LogP) is 4.84. The van der Waals surface area contributed by atoms with E-state index in [2.05, 4.69) is 16.6 Å². The van der Waals surface area contributed by atoms with E-state index in [-0.39, 0.29) is 11.4 Å². The second-order valence-electron chi connectivity index (χ2n) is 6.00. The van der Waals surface area contributed by atoms with Crippen LogP contribution in [0.15, 0.2) is 46.7 Å². The lowest BCUT2D eigenvalue weighted by Gasteiger charge is -2.08. The molecule has 0 saturated carbocycles. The molecule has 1 aromatic carbocycles. The quantitative estimate of drug-likeness (QED) is 0.501. The molecule has 0 amide bonds. The molecular weight excluding hydrogens is 400 g/mol. The molecule has 0 radical (unpaired) electrons. The second kappa shape index (κ2) is 8.97. The zero-order chi connectivity index (χ0) is 19.3. The molecule has 0 atom stereocenters. The van der Waals surface area contributed by atoms with Crippen LogP contribution in [-0.4, -0.2) is 20.0 Å². The predicted molar refractivity (Wildman–Crippen MR) is 111 cm³/mol. The number of aromatic nitrogens is 1. The fourth-order valence-corrected chi connectivity index (χ4v) is 5.28. The number of benzene rings is 1. The van der Waals surface area contributed by atoms with E-state index >= 15 is 0 Å². The van der Waals surface area contributed by atoms with Gasteiger partial charge >= 0.3 is 0 Å². The zero-order valence-corrected chi connectivity index (χ0v) is 17.7. The zero-order valence-electron chi connectivity index (χ0n) is 15.3. The van der Waals surface area contributed by atoms with Crippen LogP contribution in [0, 0.1) is 6.92 Å². The molecular formula is C19H22N2O3S3. The molecule has 0 unspecified atom stereocenters. The van der Waals surface area contributed by atoms with Gasteiger partial charge in [0.2, 0.25) is 10.0 Å². The average molecular weight is 423 g/mol. The number of nitrogens with one attached hydrogen (secondary N) is 1. The van der Waals surface area contributed by atoms with Crippen molar-refractivity contribution in [3.05, 3.63) is 52.3 Å². The van der Waals surface area contributed by atoms with E-state index in [9.17, 15) is 8.42 Å². The van der Waals surface area contributed by atoms with E-state index in [1.165, 1.54) is 11.3 Å². The van der Waals surface area contributed by atoms with Gasteiger partial charge in [0.1, 0.15) is 10.8 Å². The molecule has 0 aliphatic carbocycles. The first-order chi connectivity index (χ1) is 13.0. The van der Waals surface area contributed by atoms with Crippen LogP contribution in [0.3, 0.4) is 0 Å². The lowest BCUT2D eigenvalue weighted by molar-refractivity contribution is 0.309. The number of thiazole rings is 1. The Labute approximate surface area is 168 Å². The number of hydrogen-bond acceptors (Lipinski definition) is 6. The molecule has 1 N–H and O–H groups in total. The van der Waals surface area contributed by atoms with Crippen LogP contribution in [0.1, 0.15) is 30.3 Å². The number of sulfonamides is 1. The summed E-state index contributed by atoms with van der Waals surface area (Å²) >= 11 is 3.14. The van der Waals surface area contributed by atoms with Gasteiger partial charge in [-0.1, -0.05) is 19.4 Å². The fourth-order valence-electron chi connectivity index (χ4n) is 2.39. The average Bonchev–Trinajstić information content (AvgIpc) is 3.30. The number of hydrogen-bond donors (Lipinski definition) is 1. The molecule has 2 heterocycles. The molecule has 0 fully saturated rings. The third-order valence-corrected chi connectivity index (χ3v) is 7.56. The van der Waals surface area contributed by atoms with Crippen LogP contribution in [0.4, 0.5) is 0 Å². The van der Waals surface area contributed by atoms with Crippen molar-refractivity contribution >= 4 is 32.7 Å². The summed E-state index contributed by atoms with van der Waals surface area (Å²) in [7, 11) is -3.59. The third-order valence-electron chi connectivity index (χ3n) is 3.95. The molecule has 5 nitrogen and oxygen atoms in total. The van der Waals surface area contributed by atoms with Gasteiger partial charge in [-0.2, -0.15) is 0 Å². The summed E-state index contributed by atoms with van der Waals surface area (Å²) in [5, 5.41) is 2.93. The molecule has 144 valence electrons. The Morgan fingerprint density at radius 2 is 1.96 bits per heavy atom. The van der Waals surface area contributed by atoms with Gasteiger partial charge in [0.15, 0.2) is 0 Å². The number of thiophene rings is 1. The van der Waals surface area contributed by atoms with Crippen molar-refractivity contribution in [2.45, 2.75) is 38.1 Å². The summed E-state index contributed by atoms with van der Waals surface area (Å²) in [5.41, 5.74) is 0.853. The Balaban J connectivity index is 1.65. The molecule has 3 rings (SSSR count). The van der Waals surface area contributed by atoms with Gasteiger partial charge < -0.3 is 4.74 Å². The Hall–Kier alpha value is -1.74. The van der Waals surface area contributed by atoms with Crippen LogP contribution in [-0.2, 0) is 16.6 Å². The van der Waals surface area contributed by atoms with E-state index in [1.807, 2.05) is 24.4 Å². The van der Waals surface area contributed by atoms with Gasteiger partial charge in [-0.3, -0.25) is 0 Å². The molecule has 8 heteroatoms. The minimum Gasteiger partial charge on any atom is -0.494 e. The van der Waals surface area contributed by atoms with Gasteiger partial charge in [-0.05, 0) is 49.1 Å². The van der Waals surface area contributed by atoms with Crippen molar-refractivity contribution in [3.8, 4) is 15.6 Å². The van der Waals surface area contributed by atoms with Crippen molar-refractivity contribution in [2.75, 3.05) is 6.61 Å². The monoisotopic (exact) mass is 422 g/mol. The largest absolute Gasteiger partial charge is 0.494 e. The summed E-state index contributed by atoms with van der Waals surface area (Å²) in [6.07, 6.45) is 2.03. The van der Waals surface area contributed by atoms with E-state index in [1.54, 1.807) is 35.6 Å². The number of ether oxygens (including phenoxy) is 1. The van der Waals surface area contributed by atoms with Crippen LogP contribution in [0.25, 0.3) is 9.88 Å². The van der Waals surface area contributed by atoms with E-state index in [0.29, 0.717) is 12.4 Å². The van der Waals surface area contributed by atoms with Crippen LogP contribution >= 0.6 is 22.7 Å². The normalized spacial score (nSPS) is 11.6. The minimum atomic E-state index is -3.59. The van der Waals surface area contributed by atoms with Crippen molar-refractivity contribution in [1.29, 1.82) is 0 Å². The van der Waals surface area contributed by atoms with Crippen LogP contribution in [0.2, 0.25) is 0 Å². The highest BCUT2D eigenvalue weighted by molar-refractivity contribution is 7.89. The van der Waals surface area contributed by atoms with Crippen molar-refractivity contribution < 1.29 is 13.2 Å². The highest BCUT2D eigenvalue weighted by Crippen LogP contribution is 2.31.